The minimum atomic E-state index is 1.25. The van der Waals surface area contributed by atoms with E-state index in [2.05, 4.69) is 158 Å². The Morgan fingerprint density at radius 2 is 0.659 bits per heavy atom. The Hall–Kier alpha value is -5.72. The smallest absolute Gasteiger partial charge is 0.00143 e. The van der Waals surface area contributed by atoms with E-state index in [9.17, 15) is 0 Å². The molecule has 0 aliphatic rings. The van der Waals surface area contributed by atoms with E-state index in [4.69, 9.17) is 0 Å². The Labute approximate surface area is 255 Å². The molecule has 44 heavy (non-hydrogen) atoms. The zero-order valence-electron chi connectivity index (χ0n) is 24.0. The second kappa shape index (κ2) is 8.89. The lowest BCUT2D eigenvalue weighted by molar-refractivity contribution is 1.66. The van der Waals surface area contributed by atoms with Crippen LogP contribution in [-0.4, -0.2) is 0 Å². The summed E-state index contributed by atoms with van der Waals surface area (Å²) >= 11 is 0. The van der Waals surface area contributed by atoms with Crippen molar-refractivity contribution in [3.8, 4) is 33.4 Å². The number of benzene rings is 10. The molecule has 0 aromatic heterocycles. The molecular weight excluding hydrogens is 528 g/mol. The molecule has 0 aliphatic heterocycles. The van der Waals surface area contributed by atoms with Gasteiger partial charge in [0.2, 0.25) is 0 Å². The summed E-state index contributed by atoms with van der Waals surface area (Å²) in [6.45, 7) is 0. The summed E-state index contributed by atoms with van der Waals surface area (Å²) in [6, 6.07) is 58.5. The summed E-state index contributed by atoms with van der Waals surface area (Å²) in [5, 5.41) is 15.8. The van der Waals surface area contributed by atoms with Crippen LogP contribution in [0.1, 0.15) is 0 Å². The standard InChI is InChI=1S/C44H26/c1-3-9-27(10-4-1)33-20-19-32-26-39(35-16-8-14-30-18-21-36(33)43(32)42(30)35)40-25-31-15-7-13-29-17-22-37-34(28-11-5-2-6-12-28)23-24-38(40)44(37)41(29)31/h1-26H. The monoisotopic (exact) mass is 554 g/mol. The molecular formula is C44H26. The highest BCUT2D eigenvalue weighted by Gasteiger charge is 2.20. The largest absolute Gasteiger partial charge is 0.0622 e. The van der Waals surface area contributed by atoms with Crippen LogP contribution in [0, 0.1) is 0 Å². The first-order valence-electron chi connectivity index (χ1n) is 15.4. The lowest BCUT2D eigenvalue weighted by Crippen LogP contribution is -1.93. The molecule has 0 spiro atoms. The average Bonchev–Trinajstić information content (AvgIpc) is 3.10. The third-order valence-electron chi connectivity index (χ3n) is 9.75. The quantitative estimate of drug-likeness (QED) is 0.191. The first-order valence-corrected chi connectivity index (χ1v) is 15.4. The lowest BCUT2D eigenvalue weighted by Gasteiger charge is -2.20. The Bertz CT molecular complexity index is 2680. The van der Waals surface area contributed by atoms with Gasteiger partial charge in [-0.1, -0.05) is 146 Å². The van der Waals surface area contributed by atoms with Crippen LogP contribution in [-0.2, 0) is 0 Å². The second-order valence-corrected chi connectivity index (χ2v) is 12.0. The van der Waals surface area contributed by atoms with E-state index in [0.717, 1.165) is 0 Å². The molecule has 10 rings (SSSR count). The summed E-state index contributed by atoms with van der Waals surface area (Å²) in [5.41, 5.74) is 7.67. The molecule has 0 nitrogen and oxygen atoms in total. The van der Waals surface area contributed by atoms with Gasteiger partial charge in [-0.25, -0.2) is 0 Å². The van der Waals surface area contributed by atoms with Crippen LogP contribution in [0.15, 0.2) is 158 Å². The molecule has 0 fully saturated rings. The van der Waals surface area contributed by atoms with Crippen LogP contribution < -0.4 is 0 Å². The Morgan fingerprint density at radius 1 is 0.227 bits per heavy atom. The maximum atomic E-state index is 2.44. The molecule has 0 radical (unpaired) electrons. The molecule has 202 valence electrons. The summed E-state index contributed by atoms with van der Waals surface area (Å²) in [7, 11) is 0. The Morgan fingerprint density at radius 3 is 1.34 bits per heavy atom. The molecule has 0 saturated carbocycles. The molecule has 0 heterocycles. The van der Waals surface area contributed by atoms with Crippen molar-refractivity contribution in [3.05, 3.63) is 158 Å². The van der Waals surface area contributed by atoms with Crippen molar-refractivity contribution < 1.29 is 0 Å². The molecule has 10 aromatic rings. The fraction of sp³-hybridized carbons (Fsp3) is 0. The summed E-state index contributed by atoms with van der Waals surface area (Å²) < 4.78 is 0. The van der Waals surface area contributed by atoms with Crippen molar-refractivity contribution in [3.63, 3.8) is 0 Å². The lowest BCUT2D eigenvalue weighted by atomic mass is 9.83. The van der Waals surface area contributed by atoms with Gasteiger partial charge in [0.15, 0.2) is 0 Å². The summed E-state index contributed by atoms with van der Waals surface area (Å²) in [5.74, 6) is 0. The fourth-order valence-corrected chi connectivity index (χ4v) is 7.84. The molecule has 0 aliphatic carbocycles. The maximum Gasteiger partial charge on any atom is -0.00143 e. The highest BCUT2D eigenvalue weighted by molar-refractivity contribution is 6.32. The highest BCUT2D eigenvalue weighted by atomic mass is 14.2. The van der Waals surface area contributed by atoms with Crippen molar-refractivity contribution in [1.82, 2.24) is 0 Å². The van der Waals surface area contributed by atoms with Crippen LogP contribution in [0.3, 0.4) is 0 Å². The van der Waals surface area contributed by atoms with Crippen LogP contribution in [0.5, 0.6) is 0 Å². The van der Waals surface area contributed by atoms with Crippen molar-refractivity contribution in [2.24, 2.45) is 0 Å². The number of rotatable bonds is 3. The molecule has 0 amide bonds. The highest BCUT2D eigenvalue weighted by Crippen LogP contribution is 2.48. The number of hydrogen-bond donors (Lipinski definition) is 0. The van der Waals surface area contributed by atoms with Crippen LogP contribution in [0.4, 0.5) is 0 Å². The minimum absolute atomic E-state index is 1.25. The average molecular weight is 555 g/mol. The van der Waals surface area contributed by atoms with Gasteiger partial charge in [0.05, 0.1) is 0 Å². The predicted octanol–water partition coefficient (Wildman–Crippen LogP) is 12.5. The SMILES string of the molecule is c1ccc(-c2ccc3cc(-c4cc5cccc6ccc7c(-c8ccccc8)ccc4c7c65)c4cccc5ccc2c3c54)cc1. The summed E-state index contributed by atoms with van der Waals surface area (Å²) in [6.07, 6.45) is 0. The molecule has 0 N–H and O–H groups in total. The normalized spacial score (nSPS) is 12.1. The van der Waals surface area contributed by atoms with Crippen molar-refractivity contribution in [2.75, 3.05) is 0 Å². The molecule has 0 bridgehead atoms. The molecule has 0 atom stereocenters. The molecule has 10 aromatic carbocycles. The Kier molecular flexibility index (Phi) is 4.81. The first-order chi connectivity index (χ1) is 21.8. The Balaban J connectivity index is 1.34. The topological polar surface area (TPSA) is 0 Å². The van der Waals surface area contributed by atoms with E-state index in [-0.39, 0.29) is 0 Å². The predicted molar refractivity (Wildman–Crippen MR) is 190 cm³/mol. The van der Waals surface area contributed by atoms with Crippen LogP contribution >= 0.6 is 0 Å². The van der Waals surface area contributed by atoms with Crippen LogP contribution in [0.25, 0.3) is 98.0 Å². The fourth-order valence-electron chi connectivity index (χ4n) is 7.84. The van der Waals surface area contributed by atoms with E-state index < -0.39 is 0 Å². The van der Waals surface area contributed by atoms with E-state index in [1.165, 1.54) is 98.0 Å². The zero-order chi connectivity index (χ0) is 28.8. The van der Waals surface area contributed by atoms with E-state index >= 15 is 0 Å². The number of hydrogen-bond acceptors (Lipinski definition) is 0. The molecule has 0 saturated heterocycles. The van der Waals surface area contributed by atoms with Gasteiger partial charge in [0.25, 0.3) is 0 Å². The maximum absolute atomic E-state index is 2.44. The van der Waals surface area contributed by atoms with Gasteiger partial charge < -0.3 is 0 Å². The van der Waals surface area contributed by atoms with E-state index in [1.807, 2.05) is 0 Å². The van der Waals surface area contributed by atoms with E-state index in [1.54, 1.807) is 0 Å². The van der Waals surface area contributed by atoms with Gasteiger partial charge in [0, 0.05) is 0 Å². The molecule has 0 unspecified atom stereocenters. The van der Waals surface area contributed by atoms with Gasteiger partial charge in [-0.2, -0.15) is 0 Å². The minimum Gasteiger partial charge on any atom is -0.0622 e. The van der Waals surface area contributed by atoms with Crippen LogP contribution in [0.2, 0.25) is 0 Å². The van der Waals surface area contributed by atoms with Crippen molar-refractivity contribution >= 4 is 64.6 Å². The second-order valence-electron chi connectivity index (χ2n) is 12.0. The van der Waals surface area contributed by atoms with Gasteiger partial charge in [-0.05, 0) is 110 Å². The van der Waals surface area contributed by atoms with Gasteiger partial charge >= 0.3 is 0 Å². The van der Waals surface area contributed by atoms with Gasteiger partial charge in [0.1, 0.15) is 0 Å². The third-order valence-corrected chi connectivity index (χ3v) is 9.75. The van der Waals surface area contributed by atoms with Crippen molar-refractivity contribution in [1.29, 1.82) is 0 Å². The van der Waals surface area contributed by atoms with Gasteiger partial charge in [-0.15, -0.1) is 0 Å². The summed E-state index contributed by atoms with van der Waals surface area (Å²) in [4.78, 5) is 0. The molecule has 0 heteroatoms. The van der Waals surface area contributed by atoms with Gasteiger partial charge in [-0.3, -0.25) is 0 Å². The van der Waals surface area contributed by atoms with E-state index in [0.29, 0.717) is 0 Å². The zero-order valence-corrected chi connectivity index (χ0v) is 24.0. The first kappa shape index (κ1) is 23.8. The third kappa shape index (κ3) is 3.23. The van der Waals surface area contributed by atoms with Crippen molar-refractivity contribution in [2.45, 2.75) is 0 Å².